The van der Waals surface area contributed by atoms with Gasteiger partial charge >= 0.3 is 0 Å². The molecule has 5 nitrogen and oxygen atoms in total. The fraction of sp³-hybridized carbons (Fsp3) is 0.300. The highest BCUT2D eigenvalue weighted by atomic mass is 32.2. The lowest BCUT2D eigenvalue weighted by molar-refractivity contribution is -0.885. The SMILES string of the molecule is CCOc1ccc(C[NH+](C)CC(=O)Nc2ccccc2SCC#N)cc1. The van der Waals surface area contributed by atoms with E-state index in [-0.39, 0.29) is 5.91 Å². The predicted molar refractivity (Wildman–Crippen MR) is 104 cm³/mol. The van der Waals surface area contributed by atoms with E-state index in [2.05, 4.69) is 11.4 Å². The number of amides is 1. The summed E-state index contributed by atoms with van der Waals surface area (Å²) in [6, 6.07) is 17.6. The van der Waals surface area contributed by atoms with Crippen molar-refractivity contribution in [1.82, 2.24) is 0 Å². The Morgan fingerprint density at radius 2 is 1.96 bits per heavy atom. The highest BCUT2D eigenvalue weighted by Gasteiger charge is 2.13. The van der Waals surface area contributed by atoms with Crippen LogP contribution < -0.4 is 15.0 Å². The lowest BCUT2D eigenvalue weighted by atomic mass is 10.2. The summed E-state index contributed by atoms with van der Waals surface area (Å²) in [4.78, 5) is 14.4. The average Bonchev–Trinajstić information content (AvgIpc) is 2.62. The molecule has 0 saturated carbocycles. The third kappa shape index (κ3) is 6.43. The van der Waals surface area contributed by atoms with E-state index in [4.69, 9.17) is 10.00 Å². The van der Waals surface area contributed by atoms with Crippen molar-refractivity contribution in [2.45, 2.75) is 18.4 Å². The van der Waals surface area contributed by atoms with Crippen molar-refractivity contribution in [2.24, 2.45) is 0 Å². The lowest BCUT2D eigenvalue weighted by Crippen LogP contribution is -3.08. The summed E-state index contributed by atoms with van der Waals surface area (Å²) < 4.78 is 5.44. The molecule has 26 heavy (non-hydrogen) atoms. The number of ether oxygens (including phenoxy) is 1. The molecule has 0 aliphatic carbocycles. The minimum atomic E-state index is -0.0431. The van der Waals surface area contributed by atoms with E-state index < -0.39 is 0 Å². The Balaban J connectivity index is 1.88. The largest absolute Gasteiger partial charge is 0.494 e. The number of para-hydroxylation sites is 1. The van der Waals surface area contributed by atoms with Gasteiger partial charge in [-0.25, -0.2) is 0 Å². The molecule has 0 aliphatic heterocycles. The molecule has 0 fully saturated rings. The van der Waals surface area contributed by atoms with E-state index in [1.807, 2.05) is 62.5 Å². The topological polar surface area (TPSA) is 66.6 Å². The molecule has 0 bridgehead atoms. The Morgan fingerprint density at radius 1 is 1.23 bits per heavy atom. The standard InChI is InChI=1S/C20H23N3O2S/c1-3-25-17-10-8-16(9-11-17)14-23(2)15-20(24)22-18-6-4-5-7-19(18)26-13-12-21/h4-11H,3,13-15H2,1-2H3,(H,22,24)/p+1. The van der Waals surface area contributed by atoms with Crippen molar-refractivity contribution in [3.05, 3.63) is 54.1 Å². The lowest BCUT2D eigenvalue weighted by Gasteiger charge is -2.15. The Morgan fingerprint density at radius 3 is 2.65 bits per heavy atom. The van der Waals surface area contributed by atoms with Crippen LogP contribution in [0, 0.1) is 11.3 Å². The van der Waals surface area contributed by atoms with Gasteiger partial charge in [-0.05, 0) is 43.3 Å². The molecule has 136 valence electrons. The summed E-state index contributed by atoms with van der Waals surface area (Å²) in [5.41, 5.74) is 1.91. The number of nitrogens with one attached hydrogen (secondary N) is 2. The minimum Gasteiger partial charge on any atom is -0.494 e. The molecule has 1 unspecified atom stereocenters. The van der Waals surface area contributed by atoms with Gasteiger partial charge in [0.25, 0.3) is 5.91 Å². The van der Waals surface area contributed by atoms with E-state index in [9.17, 15) is 4.79 Å². The zero-order chi connectivity index (χ0) is 18.8. The molecule has 0 saturated heterocycles. The Bertz CT molecular complexity index is 756. The van der Waals surface area contributed by atoms with Crippen LogP contribution in [0.5, 0.6) is 5.75 Å². The summed E-state index contributed by atoms with van der Waals surface area (Å²) in [7, 11) is 1.99. The molecule has 0 heterocycles. The molecular weight excluding hydrogens is 346 g/mol. The number of carbonyl (C=O) groups excluding carboxylic acids is 1. The number of carbonyl (C=O) groups is 1. The fourth-order valence-electron chi connectivity index (χ4n) is 2.56. The predicted octanol–water partition coefficient (Wildman–Crippen LogP) is 2.35. The van der Waals surface area contributed by atoms with Crippen LogP contribution >= 0.6 is 11.8 Å². The van der Waals surface area contributed by atoms with Crippen LogP contribution in [0.2, 0.25) is 0 Å². The number of nitrogens with zero attached hydrogens (tertiary/aromatic N) is 1. The molecule has 1 amide bonds. The second kappa shape index (κ2) is 10.5. The highest BCUT2D eigenvalue weighted by Crippen LogP contribution is 2.26. The maximum absolute atomic E-state index is 12.4. The van der Waals surface area contributed by atoms with Gasteiger partial charge < -0.3 is 15.0 Å². The minimum absolute atomic E-state index is 0.0431. The van der Waals surface area contributed by atoms with Gasteiger partial charge in [-0.1, -0.05) is 12.1 Å². The summed E-state index contributed by atoms with van der Waals surface area (Å²) in [6.07, 6.45) is 0. The second-order valence-corrected chi connectivity index (χ2v) is 6.90. The molecule has 0 radical (unpaired) electrons. The van der Waals surface area contributed by atoms with Crippen LogP contribution in [0.25, 0.3) is 0 Å². The Hall–Kier alpha value is -2.49. The summed E-state index contributed by atoms with van der Waals surface area (Å²) in [6.45, 7) is 3.73. The third-order valence-corrected chi connectivity index (χ3v) is 4.60. The number of hydrogen-bond acceptors (Lipinski definition) is 4. The Labute approximate surface area is 159 Å². The van der Waals surface area contributed by atoms with E-state index in [0.717, 1.165) is 33.3 Å². The van der Waals surface area contributed by atoms with Crippen molar-refractivity contribution in [3.8, 4) is 11.8 Å². The molecule has 2 N–H and O–H groups in total. The average molecular weight is 370 g/mol. The normalized spacial score (nSPS) is 11.4. The van der Waals surface area contributed by atoms with E-state index in [1.165, 1.54) is 11.8 Å². The van der Waals surface area contributed by atoms with Crippen molar-refractivity contribution < 1.29 is 14.4 Å². The fourth-order valence-corrected chi connectivity index (χ4v) is 3.22. The van der Waals surface area contributed by atoms with Gasteiger partial charge in [0.1, 0.15) is 12.3 Å². The number of nitriles is 1. The van der Waals surface area contributed by atoms with Crippen LogP contribution in [0.3, 0.4) is 0 Å². The number of quaternary nitrogens is 1. The number of rotatable bonds is 9. The molecular formula is C20H24N3O2S+. The monoisotopic (exact) mass is 370 g/mol. The summed E-state index contributed by atoms with van der Waals surface area (Å²) in [5.74, 6) is 1.17. The molecule has 0 aliphatic rings. The van der Waals surface area contributed by atoms with Crippen molar-refractivity contribution in [1.29, 1.82) is 5.26 Å². The molecule has 6 heteroatoms. The molecule has 2 aromatic rings. The third-order valence-electron chi connectivity index (χ3n) is 3.66. The number of likely N-dealkylation sites (N-methyl/N-ethyl adjacent to an activating group) is 1. The van der Waals surface area contributed by atoms with E-state index >= 15 is 0 Å². The second-order valence-electron chi connectivity index (χ2n) is 5.88. The van der Waals surface area contributed by atoms with Gasteiger partial charge in [0, 0.05) is 10.5 Å². The van der Waals surface area contributed by atoms with Crippen molar-refractivity contribution in [3.63, 3.8) is 0 Å². The van der Waals surface area contributed by atoms with Crippen molar-refractivity contribution >= 4 is 23.4 Å². The summed E-state index contributed by atoms with van der Waals surface area (Å²) in [5, 5.41) is 11.7. The molecule has 1 atom stereocenters. The highest BCUT2D eigenvalue weighted by molar-refractivity contribution is 7.99. The summed E-state index contributed by atoms with van der Waals surface area (Å²) >= 11 is 1.42. The molecule has 2 aromatic carbocycles. The zero-order valence-corrected chi connectivity index (χ0v) is 15.9. The van der Waals surface area contributed by atoms with Crippen LogP contribution in [0.1, 0.15) is 12.5 Å². The molecule has 2 rings (SSSR count). The first-order valence-corrected chi connectivity index (χ1v) is 9.52. The van der Waals surface area contributed by atoms with Gasteiger partial charge in [0.2, 0.25) is 0 Å². The van der Waals surface area contributed by atoms with E-state index in [0.29, 0.717) is 18.9 Å². The quantitative estimate of drug-likeness (QED) is 0.665. The van der Waals surface area contributed by atoms with Crippen LogP contribution in [0.15, 0.2) is 53.4 Å². The number of hydrogen-bond donors (Lipinski definition) is 2. The van der Waals surface area contributed by atoms with Crippen molar-refractivity contribution in [2.75, 3.05) is 31.3 Å². The van der Waals surface area contributed by atoms with Crippen LogP contribution in [0.4, 0.5) is 5.69 Å². The van der Waals surface area contributed by atoms with Gasteiger partial charge in [0.05, 0.1) is 31.2 Å². The first kappa shape index (κ1) is 19.8. The van der Waals surface area contributed by atoms with Crippen LogP contribution in [-0.4, -0.2) is 31.9 Å². The first-order valence-electron chi connectivity index (χ1n) is 8.54. The zero-order valence-electron chi connectivity index (χ0n) is 15.1. The number of thioether (sulfide) groups is 1. The van der Waals surface area contributed by atoms with Crippen LogP contribution in [-0.2, 0) is 11.3 Å². The maximum atomic E-state index is 12.4. The van der Waals surface area contributed by atoms with Gasteiger partial charge in [-0.2, -0.15) is 5.26 Å². The number of anilines is 1. The van der Waals surface area contributed by atoms with E-state index in [1.54, 1.807) is 0 Å². The molecule has 0 aromatic heterocycles. The molecule has 0 spiro atoms. The van der Waals surface area contributed by atoms with Gasteiger partial charge in [0.15, 0.2) is 6.54 Å². The van der Waals surface area contributed by atoms with Gasteiger partial charge in [-0.3, -0.25) is 4.79 Å². The number of benzene rings is 2. The van der Waals surface area contributed by atoms with Gasteiger partial charge in [-0.15, -0.1) is 11.8 Å². The maximum Gasteiger partial charge on any atom is 0.279 e. The smallest absolute Gasteiger partial charge is 0.279 e. The Kier molecular flexibility index (Phi) is 8.00. The first-order chi connectivity index (χ1) is 12.6.